The maximum absolute atomic E-state index is 12.9. The number of ether oxygens (including phenoxy) is 2. The van der Waals surface area contributed by atoms with Gasteiger partial charge in [0.05, 0.1) is 30.7 Å². The molecule has 0 bridgehead atoms. The second-order valence-electron chi connectivity index (χ2n) is 7.92. The van der Waals surface area contributed by atoms with Crippen molar-refractivity contribution in [2.75, 3.05) is 31.6 Å². The number of rotatable bonds is 7. The fourth-order valence-electron chi connectivity index (χ4n) is 3.56. The van der Waals surface area contributed by atoms with E-state index in [1.807, 2.05) is 42.5 Å². The highest BCUT2D eigenvalue weighted by Crippen LogP contribution is 2.19. The second-order valence-corrected chi connectivity index (χ2v) is 7.92. The highest BCUT2D eigenvalue weighted by molar-refractivity contribution is 6.40. The van der Waals surface area contributed by atoms with Crippen LogP contribution in [0.1, 0.15) is 21.5 Å². The quantitative estimate of drug-likeness (QED) is 0.303. The van der Waals surface area contributed by atoms with Gasteiger partial charge in [-0.2, -0.15) is 5.10 Å². The van der Waals surface area contributed by atoms with Crippen molar-refractivity contribution in [3.8, 4) is 5.75 Å². The number of nitrogens with one attached hydrogen (secondary N) is 2. The normalized spacial score (nSPS) is 13.3. The summed E-state index contributed by atoms with van der Waals surface area (Å²) in [6.07, 6.45) is 1.40. The van der Waals surface area contributed by atoms with Crippen LogP contribution in [-0.4, -0.2) is 55.1 Å². The van der Waals surface area contributed by atoms with Gasteiger partial charge in [0.1, 0.15) is 12.4 Å². The lowest BCUT2D eigenvalue weighted by Gasteiger charge is -2.27. The zero-order valence-corrected chi connectivity index (χ0v) is 19.6. The molecule has 1 aliphatic rings. The van der Waals surface area contributed by atoms with Gasteiger partial charge in [0.15, 0.2) is 0 Å². The van der Waals surface area contributed by atoms with Gasteiger partial charge in [0.2, 0.25) is 0 Å². The molecule has 9 heteroatoms. The number of nitrogens with zero attached hydrogens (tertiary/aromatic N) is 2. The molecule has 3 aromatic carbocycles. The highest BCUT2D eigenvalue weighted by Gasteiger charge is 2.22. The molecule has 0 atom stereocenters. The molecule has 1 saturated heterocycles. The molecule has 4 rings (SSSR count). The average molecular weight is 487 g/mol. The summed E-state index contributed by atoms with van der Waals surface area (Å²) in [5.74, 6) is -1.57. The van der Waals surface area contributed by atoms with Gasteiger partial charge in [-0.25, -0.2) is 5.43 Å². The van der Waals surface area contributed by atoms with Crippen LogP contribution < -0.4 is 15.5 Å². The summed E-state index contributed by atoms with van der Waals surface area (Å²) < 4.78 is 11.2. The smallest absolute Gasteiger partial charge is 0.329 e. The van der Waals surface area contributed by atoms with Gasteiger partial charge in [0.25, 0.3) is 5.91 Å². The highest BCUT2D eigenvalue weighted by atomic mass is 16.5. The Morgan fingerprint density at radius 3 is 2.39 bits per heavy atom. The molecule has 2 N–H and O–H groups in total. The lowest BCUT2D eigenvalue weighted by Crippen LogP contribution is -2.41. The minimum atomic E-state index is -0.970. The standard InChI is InChI=1S/C27H26N4O5/c32-25(29-23-12-6-5-11-22(23)27(34)31-14-16-35-17-15-31)26(33)30-28-18-21-10-4-7-13-24(21)36-19-20-8-2-1-3-9-20/h1-13,18H,14-17,19H2,(H,29,32)(H,30,33)/b28-18+. The predicted molar refractivity (Wildman–Crippen MR) is 135 cm³/mol. The minimum absolute atomic E-state index is 0.236. The fraction of sp³-hybridized carbons (Fsp3) is 0.185. The number of hydrogen-bond acceptors (Lipinski definition) is 6. The Bertz CT molecular complexity index is 1240. The zero-order chi connectivity index (χ0) is 25.2. The molecule has 0 aliphatic carbocycles. The predicted octanol–water partition coefficient (Wildman–Crippen LogP) is 2.83. The SMILES string of the molecule is O=C(N/N=C/c1ccccc1OCc1ccccc1)C(=O)Nc1ccccc1C(=O)N1CCOCC1. The van der Waals surface area contributed by atoms with Gasteiger partial charge in [-0.05, 0) is 29.8 Å². The Balaban J connectivity index is 1.35. The summed E-state index contributed by atoms with van der Waals surface area (Å²) in [4.78, 5) is 39.3. The Morgan fingerprint density at radius 1 is 0.889 bits per heavy atom. The first-order valence-corrected chi connectivity index (χ1v) is 11.5. The van der Waals surface area contributed by atoms with Crippen LogP contribution in [0.15, 0.2) is 84.0 Å². The molecule has 36 heavy (non-hydrogen) atoms. The van der Waals surface area contributed by atoms with E-state index in [1.165, 1.54) is 6.21 Å². The number of benzene rings is 3. The van der Waals surface area contributed by atoms with Crippen LogP contribution in [0.2, 0.25) is 0 Å². The zero-order valence-electron chi connectivity index (χ0n) is 19.6. The molecule has 1 fully saturated rings. The topological polar surface area (TPSA) is 109 Å². The van der Waals surface area contributed by atoms with E-state index in [1.54, 1.807) is 41.3 Å². The van der Waals surface area contributed by atoms with Gasteiger partial charge in [-0.15, -0.1) is 0 Å². The first-order chi connectivity index (χ1) is 17.6. The summed E-state index contributed by atoms with van der Waals surface area (Å²) in [6, 6.07) is 23.5. The Labute approximate surface area is 208 Å². The average Bonchev–Trinajstić information content (AvgIpc) is 2.93. The summed E-state index contributed by atoms with van der Waals surface area (Å²) in [5.41, 5.74) is 4.41. The number of carbonyl (C=O) groups excluding carboxylic acids is 3. The molecule has 3 aromatic rings. The van der Waals surface area contributed by atoms with Gasteiger partial charge < -0.3 is 19.7 Å². The van der Waals surface area contributed by atoms with Crippen molar-refractivity contribution in [1.82, 2.24) is 10.3 Å². The summed E-state index contributed by atoms with van der Waals surface area (Å²) >= 11 is 0. The molecule has 9 nitrogen and oxygen atoms in total. The number of hydrazone groups is 1. The molecule has 0 saturated carbocycles. The molecule has 1 aliphatic heterocycles. The monoisotopic (exact) mass is 486 g/mol. The van der Waals surface area contributed by atoms with E-state index in [9.17, 15) is 14.4 Å². The second kappa shape index (κ2) is 12.3. The molecular weight excluding hydrogens is 460 g/mol. The molecule has 184 valence electrons. The van der Waals surface area contributed by atoms with Gasteiger partial charge in [-0.1, -0.05) is 54.6 Å². The minimum Gasteiger partial charge on any atom is -0.488 e. The third-order valence-corrected chi connectivity index (χ3v) is 5.44. The number of hydrogen-bond donors (Lipinski definition) is 2. The lowest BCUT2D eigenvalue weighted by molar-refractivity contribution is -0.136. The number of carbonyl (C=O) groups is 3. The first-order valence-electron chi connectivity index (χ1n) is 11.5. The van der Waals surface area contributed by atoms with Crippen LogP contribution in [0.25, 0.3) is 0 Å². The summed E-state index contributed by atoms with van der Waals surface area (Å²) in [7, 11) is 0. The number of para-hydroxylation sites is 2. The molecule has 0 radical (unpaired) electrons. The first kappa shape index (κ1) is 24.6. The number of anilines is 1. The van der Waals surface area contributed by atoms with E-state index >= 15 is 0 Å². The van der Waals surface area contributed by atoms with Crippen LogP contribution in [0.3, 0.4) is 0 Å². The summed E-state index contributed by atoms with van der Waals surface area (Å²) in [6.45, 7) is 2.23. The molecule has 1 heterocycles. The van der Waals surface area contributed by atoms with Gasteiger partial charge >= 0.3 is 11.8 Å². The Morgan fingerprint density at radius 2 is 1.58 bits per heavy atom. The van der Waals surface area contributed by atoms with Crippen molar-refractivity contribution in [3.63, 3.8) is 0 Å². The number of morpholine rings is 1. The third kappa shape index (κ3) is 6.55. The Hall–Kier alpha value is -4.50. The third-order valence-electron chi connectivity index (χ3n) is 5.44. The van der Waals surface area contributed by atoms with Crippen LogP contribution >= 0.6 is 0 Å². The van der Waals surface area contributed by atoms with Crippen LogP contribution in [0.5, 0.6) is 5.75 Å². The van der Waals surface area contributed by atoms with E-state index in [2.05, 4.69) is 15.8 Å². The van der Waals surface area contributed by atoms with E-state index in [4.69, 9.17) is 9.47 Å². The van der Waals surface area contributed by atoms with Crippen molar-refractivity contribution in [3.05, 3.63) is 95.6 Å². The van der Waals surface area contributed by atoms with Crippen LogP contribution in [0, 0.1) is 0 Å². The van der Waals surface area contributed by atoms with E-state index in [-0.39, 0.29) is 11.6 Å². The van der Waals surface area contributed by atoms with Crippen LogP contribution in [0.4, 0.5) is 5.69 Å². The maximum atomic E-state index is 12.9. The van der Waals surface area contributed by atoms with Crippen molar-refractivity contribution < 1.29 is 23.9 Å². The largest absolute Gasteiger partial charge is 0.488 e. The lowest BCUT2D eigenvalue weighted by atomic mass is 10.1. The molecular formula is C27H26N4O5. The molecule has 3 amide bonds. The van der Waals surface area contributed by atoms with Gasteiger partial charge in [-0.3, -0.25) is 14.4 Å². The molecule has 0 unspecified atom stereocenters. The molecule has 0 spiro atoms. The Kier molecular flexibility index (Phi) is 8.39. The summed E-state index contributed by atoms with van der Waals surface area (Å²) in [5, 5.41) is 6.40. The van der Waals surface area contributed by atoms with Crippen molar-refractivity contribution in [2.45, 2.75) is 6.61 Å². The van der Waals surface area contributed by atoms with E-state index in [0.717, 1.165) is 5.56 Å². The van der Waals surface area contributed by atoms with Crippen molar-refractivity contribution in [1.29, 1.82) is 0 Å². The van der Waals surface area contributed by atoms with Crippen molar-refractivity contribution in [2.24, 2.45) is 5.10 Å². The van der Waals surface area contributed by atoms with Crippen molar-refractivity contribution >= 4 is 29.6 Å². The van der Waals surface area contributed by atoms with E-state index < -0.39 is 11.8 Å². The van der Waals surface area contributed by atoms with Crippen LogP contribution in [-0.2, 0) is 20.9 Å². The van der Waals surface area contributed by atoms with E-state index in [0.29, 0.717) is 49.8 Å². The number of amides is 3. The fourth-order valence-corrected chi connectivity index (χ4v) is 3.56. The van der Waals surface area contributed by atoms with Gasteiger partial charge in [0, 0.05) is 18.7 Å². The maximum Gasteiger partial charge on any atom is 0.329 e. The molecule has 0 aromatic heterocycles.